The Bertz CT molecular complexity index is 359. The van der Waals surface area contributed by atoms with Gasteiger partial charge in [-0.2, -0.15) is 0 Å². The summed E-state index contributed by atoms with van der Waals surface area (Å²) in [6.07, 6.45) is 2.53. The van der Waals surface area contributed by atoms with Gasteiger partial charge in [0.1, 0.15) is 11.5 Å². The highest BCUT2D eigenvalue weighted by atomic mass is 35.5. The van der Waals surface area contributed by atoms with Crippen molar-refractivity contribution in [2.24, 2.45) is 0 Å². The summed E-state index contributed by atoms with van der Waals surface area (Å²) < 4.78 is 16.4. The van der Waals surface area contributed by atoms with Gasteiger partial charge in [-0.1, -0.05) is 0 Å². The van der Waals surface area contributed by atoms with E-state index in [-0.39, 0.29) is 12.4 Å². The lowest BCUT2D eigenvalue weighted by atomic mass is 10.1. The topological polar surface area (TPSA) is 39.7 Å². The van der Waals surface area contributed by atoms with E-state index in [9.17, 15) is 0 Å². The predicted octanol–water partition coefficient (Wildman–Crippen LogP) is 2.39. The lowest BCUT2D eigenvalue weighted by Crippen LogP contribution is -2.32. The van der Waals surface area contributed by atoms with E-state index in [0.29, 0.717) is 12.7 Å². The van der Waals surface area contributed by atoms with Crippen LogP contribution in [0.5, 0.6) is 11.5 Å². The van der Waals surface area contributed by atoms with Gasteiger partial charge in [0, 0.05) is 6.07 Å². The average molecular weight is 288 g/mol. The predicted molar refractivity (Wildman–Crippen MR) is 77.5 cm³/mol. The van der Waals surface area contributed by atoms with Gasteiger partial charge in [0.2, 0.25) is 0 Å². The molecule has 108 valence electrons. The Morgan fingerprint density at radius 3 is 2.16 bits per heavy atom. The maximum atomic E-state index is 5.92. The fourth-order valence-corrected chi connectivity index (χ4v) is 2.13. The fraction of sp³-hybridized carbons (Fsp3) is 0.571. The van der Waals surface area contributed by atoms with Gasteiger partial charge in [-0.25, -0.2) is 0 Å². The Morgan fingerprint density at radius 2 is 1.63 bits per heavy atom. The summed E-state index contributed by atoms with van der Waals surface area (Å²) in [7, 11) is 3.32. The summed E-state index contributed by atoms with van der Waals surface area (Å²) in [5.41, 5.74) is 1.09. The van der Waals surface area contributed by atoms with Crippen LogP contribution in [0.15, 0.2) is 18.2 Å². The number of halogens is 1. The van der Waals surface area contributed by atoms with Gasteiger partial charge in [0.25, 0.3) is 0 Å². The largest absolute Gasteiger partial charge is 0.497 e. The van der Waals surface area contributed by atoms with Gasteiger partial charge >= 0.3 is 0 Å². The van der Waals surface area contributed by atoms with Gasteiger partial charge < -0.3 is 19.5 Å². The van der Waals surface area contributed by atoms with Gasteiger partial charge in [-0.3, -0.25) is 0 Å². The van der Waals surface area contributed by atoms with E-state index in [1.165, 1.54) is 0 Å². The molecular weight excluding hydrogens is 266 g/mol. The van der Waals surface area contributed by atoms with Crippen LogP contribution in [0.3, 0.4) is 0 Å². The van der Waals surface area contributed by atoms with Crippen molar-refractivity contribution in [1.29, 1.82) is 0 Å². The van der Waals surface area contributed by atoms with Crippen LogP contribution in [-0.4, -0.2) is 33.4 Å². The summed E-state index contributed by atoms with van der Waals surface area (Å²) in [5, 5.41) is 3.33. The highest BCUT2D eigenvalue weighted by Crippen LogP contribution is 2.23. The molecule has 1 aromatic rings. The summed E-state index contributed by atoms with van der Waals surface area (Å²) in [6, 6.07) is 5.85. The fourth-order valence-electron chi connectivity index (χ4n) is 2.13. The molecule has 0 aliphatic carbocycles. The van der Waals surface area contributed by atoms with Crippen molar-refractivity contribution in [3.8, 4) is 11.5 Å². The van der Waals surface area contributed by atoms with E-state index in [1.807, 2.05) is 18.2 Å². The minimum absolute atomic E-state index is 0. The van der Waals surface area contributed by atoms with E-state index in [4.69, 9.17) is 14.2 Å². The van der Waals surface area contributed by atoms with Crippen LogP contribution < -0.4 is 14.8 Å². The number of hydrogen-bond acceptors (Lipinski definition) is 4. The van der Waals surface area contributed by atoms with E-state index in [0.717, 1.165) is 43.0 Å². The van der Waals surface area contributed by atoms with Crippen LogP contribution in [0.1, 0.15) is 18.4 Å². The van der Waals surface area contributed by atoms with Gasteiger partial charge in [-0.05, 0) is 43.6 Å². The summed E-state index contributed by atoms with van der Waals surface area (Å²) >= 11 is 0. The zero-order valence-electron chi connectivity index (χ0n) is 11.5. The Kier molecular flexibility index (Phi) is 6.99. The van der Waals surface area contributed by atoms with Crippen LogP contribution in [0.4, 0.5) is 0 Å². The molecule has 5 heteroatoms. The third kappa shape index (κ3) is 4.90. The molecule has 0 bridgehead atoms. The van der Waals surface area contributed by atoms with Crippen LogP contribution in [-0.2, 0) is 11.3 Å². The molecule has 1 aromatic carbocycles. The number of piperidine rings is 1. The first kappa shape index (κ1) is 16.1. The SMILES string of the molecule is COc1cc(COC2CCNCC2)cc(OC)c1.Cl. The van der Waals surface area contributed by atoms with Crippen molar-refractivity contribution >= 4 is 12.4 Å². The highest BCUT2D eigenvalue weighted by molar-refractivity contribution is 5.85. The molecule has 0 aromatic heterocycles. The van der Waals surface area contributed by atoms with Crippen molar-refractivity contribution in [1.82, 2.24) is 5.32 Å². The minimum atomic E-state index is 0. The van der Waals surface area contributed by atoms with Crippen molar-refractivity contribution in [3.63, 3.8) is 0 Å². The Balaban J connectivity index is 0.00000180. The minimum Gasteiger partial charge on any atom is -0.497 e. The van der Waals surface area contributed by atoms with Gasteiger partial charge in [0.15, 0.2) is 0 Å². The van der Waals surface area contributed by atoms with E-state index in [2.05, 4.69) is 5.32 Å². The quantitative estimate of drug-likeness (QED) is 0.903. The molecule has 1 heterocycles. The molecule has 0 atom stereocenters. The smallest absolute Gasteiger partial charge is 0.122 e. The molecule has 4 nitrogen and oxygen atoms in total. The molecular formula is C14H22ClNO3. The van der Waals surface area contributed by atoms with Crippen LogP contribution in [0, 0.1) is 0 Å². The number of nitrogens with one attached hydrogen (secondary N) is 1. The summed E-state index contributed by atoms with van der Waals surface area (Å²) in [6.45, 7) is 2.70. The van der Waals surface area contributed by atoms with Crippen molar-refractivity contribution in [3.05, 3.63) is 23.8 Å². The molecule has 0 spiro atoms. The number of hydrogen-bond donors (Lipinski definition) is 1. The first-order valence-corrected chi connectivity index (χ1v) is 6.36. The summed E-state index contributed by atoms with van der Waals surface area (Å²) in [5.74, 6) is 1.61. The van der Waals surface area contributed by atoms with Crippen molar-refractivity contribution in [2.75, 3.05) is 27.3 Å². The molecule has 1 aliphatic rings. The van der Waals surface area contributed by atoms with E-state index < -0.39 is 0 Å². The van der Waals surface area contributed by atoms with Crippen LogP contribution in [0.25, 0.3) is 0 Å². The van der Waals surface area contributed by atoms with Gasteiger partial charge in [-0.15, -0.1) is 12.4 Å². The first-order chi connectivity index (χ1) is 8.81. The Morgan fingerprint density at radius 1 is 1.05 bits per heavy atom. The van der Waals surface area contributed by atoms with Crippen molar-refractivity contribution < 1.29 is 14.2 Å². The third-order valence-corrected chi connectivity index (χ3v) is 3.18. The monoisotopic (exact) mass is 287 g/mol. The first-order valence-electron chi connectivity index (χ1n) is 6.36. The zero-order chi connectivity index (χ0) is 12.8. The number of benzene rings is 1. The molecule has 0 saturated carbocycles. The second-order valence-electron chi connectivity index (χ2n) is 4.48. The molecule has 0 radical (unpaired) electrons. The Labute approximate surface area is 120 Å². The molecule has 0 unspecified atom stereocenters. The lowest BCUT2D eigenvalue weighted by molar-refractivity contribution is 0.0211. The maximum Gasteiger partial charge on any atom is 0.122 e. The molecule has 1 fully saturated rings. The lowest BCUT2D eigenvalue weighted by Gasteiger charge is -2.23. The van der Waals surface area contributed by atoms with Crippen molar-refractivity contribution in [2.45, 2.75) is 25.6 Å². The molecule has 1 N–H and O–H groups in total. The second-order valence-corrected chi connectivity index (χ2v) is 4.48. The maximum absolute atomic E-state index is 5.92. The average Bonchev–Trinajstić information content (AvgIpc) is 2.45. The second kappa shape index (κ2) is 8.25. The van der Waals surface area contributed by atoms with Crippen LogP contribution in [0.2, 0.25) is 0 Å². The molecule has 1 saturated heterocycles. The number of rotatable bonds is 5. The molecule has 2 rings (SSSR count). The Hall–Kier alpha value is -0.970. The zero-order valence-corrected chi connectivity index (χ0v) is 12.3. The molecule has 1 aliphatic heterocycles. The highest BCUT2D eigenvalue weighted by Gasteiger charge is 2.13. The summed E-state index contributed by atoms with van der Waals surface area (Å²) in [4.78, 5) is 0. The number of methoxy groups -OCH3 is 2. The van der Waals surface area contributed by atoms with E-state index >= 15 is 0 Å². The standard InChI is InChI=1S/C14H21NO3.ClH/c1-16-13-7-11(8-14(9-13)17-2)10-18-12-3-5-15-6-4-12;/h7-9,12,15H,3-6,10H2,1-2H3;1H. The number of ether oxygens (including phenoxy) is 3. The van der Waals surface area contributed by atoms with Gasteiger partial charge in [0.05, 0.1) is 26.9 Å². The van der Waals surface area contributed by atoms with Crippen LogP contribution >= 0.6 is 12.4 Å². The molecule has 0 amide bonds. The molecule has 19 heavy (non-hydrogen) atoms. The third-order valence-electron chi connectivity index (χ3n) is 3.18. The normalized spacial score (nSPS) is 15.7. The van der Waals surface area contributed by atoms with E-state index in [1.54, 1.807) is 14.2 Å².